The normalized spacial score (nSPS) is 12.8. The molecule has 0 saturated heterocycles. The predicted molar refractivity (Wildman–Crippen MR) is 171 cm³/mol. The van der Waals surface area contributed by atoms with E-state index in [1.54, 1.807) is 23.1 Å². The Labute approximate surface area is 255 Å². The van der Waals surface area contributed by atoms with E-state index in [4.69, 9.17) is 11.6 Å². The quantitative estimate of drug-likeness (QED) is 0.228. The van der Waals surface area contributed by atoms with E-state index in [0.717, 1.165) is 29.5 Å². The van der Waals surface area contributed by atoms with Crippen molar-refractivity contribution in [3.8, 4) is 0 Å². The van der Waals surface area contributed by atoms with Crippen LogP contribution in [0.4, 0.5) is 5.69 Å². The van der Waals surface area contributed by atoms with Crippen molar-refractivity contribution in [2.75, 3.05) is 17.1 Å². The minimum atomic E-state index is -3.57. The van der Waals surface area contributed by atoms with Crippen LogP contribution in [0.1, 0.15) is 56.7 Å². The highest BCUT2D eigenvalue weighted by atomic mass is 35.5. The predicted octanol–water partition coefficient (Wildman–Crippen LogP) is 6.00. The summed E-state index contributed by atoms with van der Waals surface area (Å²) in [5, 5.41) is 3.57. The highest BCUT2D eigenvalue weighted by molar-refractivity contribution is 7.92. The van der Waals surface area contributed by atoms with E-state index in [1.807, 2.05) is 81.4 Å². The van der Waals surface area contributed by atoms with Gasteiger partial charge in [-0.2, -0.15) is 0 Å². The number of hydrogen-bond donors (Lipinski definition) is 1. The van der Waals surface area contributed by atoms with Crippen molar-refractivity contribution in [2.45, 2.75) is 71.5 Å². The largest absolute Gasteiger partial charge is 0.352 e. The summed E-state index contributed by atoms with van der Waals surface area (Å²) in [6, 6.07) is 23.5. The summed E-state index contributed by atoms with van der Waals surface area (Å²) in [6.45, 7) is 6.26. The van der Waals surface area contributed by atoms with Gasteiger partial charge < -0.3 is 10.2 Å². The number of amides is 2. The zero-order chi connectivity index (χ0) is 30.7. The van der Waals surface area contributed by atoms with Crippen molar-refractivity contribution in [1.29, 1.82) is 0 Å². The van der Waals surface area contributed by atoms with Gasteiger partial charge in [0, 0.05) is 37.0 Å². The van der Waals surface area contributed by atoms with Crippen LogP contribution in [0, 0.1) is 0 Å². The Morgan fingerprint density at radius 3 is 2.14 bits per heavy atom. The van der Waals surface area contributed by atoms with Crippen molar-refractivity contribution in [2.24, 2.45) is 0 Å². The maximum absolute atomic E-state index is 13.9. The van der Waals surface area contributed by atoms with Crippen LogP contribution in [0.2, 0.25) is 5.02 Å². The molecule has 9 heteroatoms. The molecule has 3 rings (SSSR count). The van der Waals surface area contributed by atoms with Gasteiger partial charge in [0.2, 0.25) is 21.8 Å². The second kappa shape index (κ2) is 15.8. The second-order valence-corrected chi connectivity index (χ2v) is 12.9. The number of nitrogens with one attached hydrogen (secondary N) is 1. The summed E-state index contributed by atoms with van der Waals surface area (Å²) < 4.78 is 26.7. The van der Waals surface area contributed by atoms with E-state index in [2.05, 4.69) is 5.32 Å². The first-order chi connectivity index (χ1) is 20.0. The Kier molecular flexibility index (Phi) is 12.4. The third-order valence-electron chi connectivity index (χ3n) is 7.36. The van der Waals surface area contributed by atoms with Crippen LogP contribution in [0.3, 0.4) is 0 Å². The summed E-state index contributed by atoms with van der Waals surface area (Å²) in [6.07, 6.45) is 3.45. The summed E-state index contributed by atoms with van der Waals surface area (Å²) in [4.78, 5) is 29.2. The molecule has 0 bridgehead atoms. The van der Waals surface area contributed by atoms with Crippen LogP contribution in [0.25, 0.3) is 0 Å². The molecule has 0 heterocycles. The number of aryl methyl sites for hydroxylation is 1. The van der Waals surface area contributed by atoms with Crippen LogP contribution >= 0.6 is 11.6 Å². The molecule has 0 radical (unpaired) electrons. The van der Waals surface area contributed by atoms with Gasteiger partial charge in [0.15, 0.2) is 0 Å². The van der Waals surface area contributed by atoms with Gasteiger partial charge in [-0.1, -0.05) is 86.1 Å². The molecule has 7 nitrogen and oxygen atoms in total. The monoisotopic (exact) mass is 611 g/mol. The van der Waals surface area contributed by atoms with Crippen LogP contribution in [-0.4, -0.2) is 50.0 Å². The molecule has 0 saturated carbocycles. The highest BCUT2D eigenvalue weighted by Gasteiger charge is 2.31. The number of carbonyl (C=O) groups is 2. The lowest BCUT2D eigenvalue weighted by molar-refractivity contribution is -0.141. The fourth-order valence-corrected chi connectivity index (χ4v) is 5.87. The second-order valence-electron chi connectivity index (χ2n) is 10.6. The van der Waals surface area contributed by atoms with Gasteiger partial charge in [-0.25, -0.2) is 8.42 Å². The molecule has 3 aromatic carbocycles. The molecule has 0 aliphatic carbocycles. The van der Waals surface area contributed by atoms with Crippen LogP contribution in [0.5, 0.6) is 0 Å². The maximum Gasteiger partial charge on any atom is 0.243 e. The molecule has 0 aliphatic rings. The lowest BCUT2D eigenvalue weighted by atomic mass is 10.0. The standard InChI is InChI=1S/C33H42ClN3O4S/c1-5-25(3)35-33(39)31(23-27-13-8-7-9-14-27)36(24-28-15-10-11-16-30(28)34)32(38)17-12-22-37(42(4,40)41)29-20-18-26(6-2)19-21-29/h7-11,13-16,18-21,25,31H,5-6,12,17,22-24H2,1-4H3,(H,35,39)/t25-,31+/m0/s1. The molecule has 1 N–H and O–H groups in total. The van der Waals surface area contributed by atoms with Gasteiger partial charge in [0.1, 0.15) is 6.04 Å². The molecule has 226 valence electrons. The van der Waals surface area contributed by atoms with Gasteiger partial charge in [-0.05, 0) is 61.1 Å². The van der Waals surface area contributed by atoms with E-state index in [0.29, 0.717) is 17.1 Å². The van der Waals surface area contributed by atoms with E-state index < -0.39 is 16.1 Å². The molecule has 0 aromatic heterocycles. The van der Waals surface area contributed by atoms with Gasteiger partial charge in [0.25, 0.3) is 0 Å². The zero-order valence-electron chi connectivity index (χ0n) is 24.9. The minimum Gasteiger partial charge on any atom is -0.352 e. The number of nitrogens with zero attached hydrogens (tertiary/aromatic N) is 2. The Hall–Kier alpha value is -3.36. The average molecular weight is 612 g/mol. The van der Waals surface area contributed by atoms with Crippen molar-refractivity contribution >= 4 is 39.1 Å². The molecule has 42 heavy (non-hydrogen) atoms. The highest BCUT2D eigenvalue weighted by Crippen LogP contribution is 2.23. The van der Waals surface area contributed by atoms with Gasteiger partial charge in [-0.15, -0.1) is 0 Å². The van der Waals surface area contributed by atoms with E-state index >= 15 is 0 Å². The number of halogens is 1. The first-order valence-corrected chi connectivity index (χ1v) is 16.7. The summed E-state index contributed by atoms with van der Waals surface area (Å²) >= 11 is 6.50. The van der Waals surface area contributed by atoms with Gasteiger partial charge >= 0.3 is 0 Å². The molecule has 0 spiro atoms. The van der Waals surface area contributed by atoms with Crippen LogP contribution < -0.4 is 9.62 Å². The molecular weight excluding hydrogens is 570 g/mol. The number of anilines is 1. The maximum atomic E-state index is 13.9. The topological polar surface area (TPSA) is 86.8 Å². The van der Waals surface area contributed by atoms with E-state index in [-0.39, 0.29) is 43.8 Å². The molecule has 3 aromatic rings. The number of hydrogen-bond acceptors (Lipinski definition) is 4. The molecule has 2 atom stereocenters. The lowest BCUT2D eigenvalue weighted by Gasteiger charge is -2.33. The van der Waals surface area contributed by atoms with Crippen LogP contribution in [0.15, 0.2) is 78.9 Å². The van der Waals surface area contributed by atoms with Crippen molar-refractivity contribution in [3.63, 3.8) is 0 Å². The Balaban J connectivity index is 1.89. The summed E-state index contributed by atoms with van der Waals surface area (Å²) in [5.74, 6) is -0.479. The lowest BCUT2D eigenvalue weighted by Crippen LogP contribution is -2.52. The van der Waals surface area contributed by atoms with E-state index in [1.165, 1.54) is 10.6 Å². The van der Waals surface area contributed by atoms with Gasteiger partial charge in [-0.3, -0.25) is 13.9 Å². The molecule has 0 unspecified atom stereocenters. The SMILES string of the molecule is CCc1ccc(N(CCCC(=O)N(Cc2ccccc2Cl)[C@H](Cc2ccccc2)C(=O)N[C@@H](C)CC)S(C)(=O)=O)cc1. The Morgan fingerprint density at radius 2 is 1.55 bits per heavy atom. The van der Waals surface area contributed by atoms with Crippen molar-refractivity contribution in [3.05, 3.63) is 101 Å². The first kappa shape index (κ1) is 33.1. The number of rotatable bonds is 15. The third-order valence-corrected chi connectivity index (χ3v) is 8.92. The first-order valence-electron chi connectivity index (χ1n) is 14.5. The number of carbonyl (C=O) groups excluding carboxylic acids is 2. The molecular formula is C33H42ClN3O4S. The fraction of sp³-hybridized carbons (Fsp3) is 0.394. The minimum absolute atomic E-state index is 0.0598. The third kappa shape index (κ3) is 9.60. The fourth-order valence-electron chi connectivity index (χ4n) is 4.71. The number of sulfonamides is 1. The molecule has 0 aliphatic heterocycles. The zero-order valence-corrected chi connectivity index (χ0v) is 26.5. The number of benzene rings is 3. The average Bonchev–Trinajstić information content (AvgIpc) is 2.97. The summed E-state index contributed by atoms with van der Waals surface area (Å²) in [5.41, 5.74) is 3.33. The van der Waals surface area contributed by atoms with Crippen molar-refractivity contribution in [1.82, 2.24) is 10.2 Å². The smallest absolute Gasteiger partial charge is 0.243 e. The van der Waals surface area contributed by atoms with Crippen LogP contribution in [-0.2, 0) is 39.0 Å². The van der Waals surface area contributed by atoms with E-state index in [9.17, 15) is 18.0 Å². The molecule has 2 amide bonds. The summed E-state index contributed by atoms with van der Waals surface area (Å²) in [7, 11) is -3.57. The van der Waals surface area contributed by atoms with Gasteiger partial charge in [0.05, 0.1) is 11.9 Å². The Bertz CT molecular complexity index is 1410. The Morgan fingerprint density at radius 1 is 0.905 bits per heavy atom. The van der Waals surface area contributed by atoms with Crippen molar-refractivity contribution < 1.29 is 18.0 Å². The molecule has 0 fully saturated rings.